The maximum absolute atomic E-state index is 13.3. The first-order chi connectivity index (χ1) is 17.9. The summed E-state index contributed by atoms with van der Waals surface area (Å²) in [6.45, 7) is 7.07. The largest absolute Gasteiger partial charge is 0.444 e. The first-order valence-electron chi connectivity index (χ1n) is 12.7. The van der Waals surface area contributed by atoms with Crippen molar-refractivity contribution in [1.29, 1.82) is 0 Å². The maximum Gasteiger partial charge on any atom is 0.410 e. The van der Waals surface area contributed by atoms with E-state index < -0.39 is 15.4 Å². The normalized spacial score (nSPS) is 19.6. The van der Waals surface area contributed by atoms with Crippen LogP contribution >= 0.6 is 23.4 Å². The minimum atomic E-state index is -3.32. The highest BCUT2D eigenvalue weighted by molar-refractivity contribution is 7.99. The van der Waals surface area contributed by atoms with E-state index in [-0.39, 0.29) is 17.0 Å². The third-order valence-corrected chi connectivity index (χ3v) is 9.40. The molecule has 202 valence electrons. The summed E-state index contributed by atoms with van der Waals surface area (Å²) in [5, 5.41) is 1.63. The number of likely N-dealkylation sites (tertiary alicyclic amines) is 1. The van der Waals surface area contributed by atoms with Crippen molar-refractivity contribution >= 4 is 39.3 Å². The number of rotatable bonds is 4. The molecule has 0 N–H and O–H groups in total. The highest BCUT2D eigenvalue weighted by Crippen LogP contribution is 2.47. The van der Waals surface area contributed by atoms with E-state index in [9.17, 15) is 13.2 Å². The fourth-order valence-electron chi connectivity index (χ4n) is 5.21. The molecule has 2 atom stereocenters. The minimum Gasteiger partial charge on any atom is -0.444 e. The molecule has 10 heteroatoms. The van der Waals surface area contributed by atoms with Gasteiger partial charge in [0.05, 0.1) is 10.9 Å². The number of piperidine rings is 1. The second-order valence-corrected chi connectivity index (χ2v) is 14.5. The van der Waals surface area contributed by atoms with Crippen LogP contribution in [0.4, 0.5) is 4.79 Å². The number of benzene rings is 2. The number of imidazole rings is 1. The molecular weight excluding hydrogens is 542 g/mol. The van der Waals surface area contributed by atoms with Crippen LogP contribution in [0.25, 0.3) is 11.3 Å². The van der Waals surface area contributed by atoms with Crippen LogP contribution in [0.15, 0.2) is 63.3 Å². The number of amides is 1. The van der Waals surface area contributed by atoms with Gasteiger partial charge >= 0.3 is 6.09 Å². The quantitative estimate of drug-likeness (QED) is 0.339. The second-order valence-electron chi connectivity index (χ2n) is 10.9. The number of aromatic nitrogens is 2. The lowest BCUT2D eigenvalue weighted by Crippen LogP contribution is -2.47. The van der Waals surface area contributed by atoms with Crippen molar-refractivity contribution in [1.82, 2.24) is 14.5 Å². The lowest BCUT2D eigenvalue weighted by Gasteiger charge is -2.43. The monoisotopic (exact) mass is 573 g/mol. The molecule has 1 fully saturated rings. The van der Waals surface area contributed by atoms with Gasteiger partial charge in [0, 0.05) is 34.8 Å². The number of fused-ring (bicyclic) bond motifs is 3. The average molecular weight is 574 g/mol. The zero-order chi connectivity index (χ0) is 27.2. The Kier molecular flexibility index (Phi) is 7.30. The van der Waals surface area contributed by atoms with Crippen molar-refractivity contribution in [3.05, 3.63) is 59.4 Å². The summed E-state index contributed by atoms with van der Waals surface area (Å²) >= 11 is 7.73. The Morgan fingerprint density at radius 2 is 1.74 bits per heavy atom. The summed E-state index contributed by atoms with van der Waals surface area (Å²) in [5.41, 5.74) is 1.01. The van der Waals surface area contributed by atoms with E-state index in [4.69, 9.17) is 21.3 Å². The molecule has 2 unspecified atom stereocenters. The van der Waals surface area contributed by atoms with Crippen LogP contribution in [-0.2, 0) is 21.1 Å². The van der Waals surface area contributed by atoms with Gasteiger partial charge in [-0.3, -0.25) is 4.90 Å². The maximum atomic E-state index is 13.3. The molecule has 2 aromatic carbocycles. The molecule has 2 aliphatic heterocycles. The number of halogens is 1. The zero-order valence-electron chi connectivity index (χ0n) is 22.0. The van der Waals surface area contributed by atoms with Gasteiger partial charge in [-0.05, 0) is 82.3 Å². The predicted octanol–water partition coefficient (Wildman–Crippen LogP) is 6.85. The first kappa shape index (κ1) is 27.1. The van der Waals surface area contributed by atoms with Crippen LogP contribution in [0.3, 0.4) is 0 Å². The number of ether oxygens (including phenoxy) is 1. The van der Waals surface area contributed by atoms with E-state index in [0.29, 0.717) is 17.5 Å². The third-order valence-electron chi connectivity index (χ3n) is 6.91. The lowest BCUT2D eigenvalue weighted by atomic mass is 9.84. The highest BCUT2D eigenvalue weighted by atomic mass is 35.5. The summed E-state index contributed by atoms with van der Waals surface area (Å²) < 4.78 is 32.1. The van der Waals surface area contributed by atoms with Crippen LogP contribution in [0.1, 0.15) is 51.9 Å². The molecule has 1 amide bonds. The Hall–Kier alpha value is -2.49. The van der Waals surface area contributed by atoms with Gasteiger partial charge in [-0.25, -0.2) is 18.2 Å². The predicted molar refractivity (Wildman–Crippen MR) is 149 cm³/mol. The molecule has 3 aromatic rings. The molecule has 38 heavy (non-hydrogen) atoms. The van der Waals surface area contributed by atoms with E-state index in [1.807, 2.05) is 49.9 Å². The van der Waals surface area contributed by atoms with E-state index >= 15 is 0 Å². The van der Waals surface area contributed by atoms with Crippen LogP contribution in [0.2, 0.25) is 5.02 Å². The highest BCUT2D eigenvalue weighted by Gasteiger charge is 2.43. The van der Waals surface area contributed by atoms with Crippen molar-refractivity contribution in [2.24, 2.45) is 5.92 Å². The van der Waals surface area contributed by atoms with Crippen molar-refractivity contribution in [3.8, 4) is 11.3 Å². The van der Waals surface area contributed by atoms with Gasteiger partial charge in [-0.2, -0.15) is 0 Å². The van der Waals surface area contributed by atoms with Crippen molar-refractivity contribution in [3.63, 3.8) is 0 Å². The summed E-state index contributed by atoms with van der Waals surface area (Å²) in [7, 11) is -3.32. The molecular formula is C28H32ClN3O4S2. The van der Waals surface area contributed by atoms with E-state index in [1.165, 1.54) is 6.26 Å². The van der Waals surface area contributed by atoms with Gasteiger partial charge in [-0.15, -0.1) is 0 Å². The molecule has 0 spiro atoms. The lowest BCUT2D eigenvalue weighted by molar-refractivity contribution is -0.00791. The van der Waals surface area contributed by atoms with Crippen molar-refractivity contribution < 1.29 is 17.9 Å². The first-order valence-corrected chi connectivity index (χ1v) is 15.8. The van der Waals surface area contributed by atoms with E-state index in [0.717, 1.165) is 52.8 Å². The summed E-state index contributed by atoms with van der Waals surface area (Å²) in [5.74, 6) is 1.16. The van der Waals surface area contributed by atoms with Gasteiger partial charge in [-0.1, -0.05) is 35.5 Å². The summed E-state index contributed by atoms with van der Waals surface area (Å²) in [6, 6.07) is 14.3. The summed E-state index contributed by atoms with van der Waals surface area (Å²) in [4.78, 5) is 21.6. The zero-order valence-corrected chi connectivity index (χ0v) is 24.4. The Morgan fingerprint density at radius 1 is 1.05 bits per heavy atom. The number of carbonyl (C=O) groups is 1. The molecule has 7 nitrogen and oxygen atoms in total. The van der Waals surface area contributed by atoms with Gasteiger partial charge in [0.15, 0.2) is 9.84 Å². The van der Waals surface area contributed by atoms with Crippen LogP contribution in [0.5, 0.6) is 0 Å². The molecule has 0 saturated carbocycles. The van der Waals surface area contributed by atoms with Crippen molar-refractivity contribution in [2.45, 2.75) is 73.0 Å². The topological polar surface area (TPSA) is 81.5 Å². The average Bonchev–Trinajstić information content (AvgIpc) is 3.22. The van der Waals surface area contributed by atoms with Crippen LogP contribution in [0, 0.1) is 5.92 Å². The van der Waals surface area contributed by atoms with Gasteiger partial charge in [0.25, 0.3) is 0 Å². The summed E-state index contributed by atoms with van der Waals surface area (Å²) in [6.07, 6.45) is 3.80. The molecule has 1 saturated heterocycles. The SMILES string of the molecule is CC(C)(C)OC(=O)N1CCCC2CCn3c(nc(-c4ccc(S(C)(=O)=O)cc4)c3Sc3ccc(Cl)cc3)C21. The minimum absolute atomic E-state index is 0.180. The number of carbonyl (C=O) groups excluding carboxylic acids is 1. The van der Waals surface area contributed by atoms with Gasteiger partial charge < -0.3 is 9.30 Å². The Bertz CT molecular complexity index is 1440. The number of hydrogen-bond acceptors (Lipinski definition) is 6. The van der Waals surface area contributed by atoms with Crippen molar-refractivity contribution in [2.75, 3.05) is 12.8 Å². The Balaban J connectivity index is 1.61. The third kappa shape index (κ3) is 5.60. The van der Waals surface area contributed by atoms with Gasteiger partial charge in [0.2, 0.25) is 0 Å². The Labute approximate surface area is 233 Å². The molecule has 3 heterocycles. The molecule has 2 aliphatic rings. The standard InChI is InChI=1S/C28H32ClN3O4S2/c1-28(2,3)36-27(33)31-16-5-6-19-15-17-32-25(24(19)31)30-23(18-7-13-22(14-8-18)38(4,34)35)26(32)37-21-11-9-20(29)10-12-21/h7-14,19,24H,5-6,15-17H2,1-4H3. The van der Waals surface area contributed by atoms with Gasteiger partial charge in [0.1, 0.15) is 22.1 Å². The number of nitrogens with zero attached hydrogens (tertiary/aromatic N) is 3. The van der Waals surface area contributed by atoms with Crippen LogP contribution in [-0.4, -0.2) is 47.4 Å². The molecule has 0 bridgehead atoms. The molecule has 0 radical (unpaired) electrons. The Morgan fingerprint density at radius 3 is 2.37 bits per heavy atom. The molecule has 1 aromatic heterocycles. The van der Waals surface area contributed by atoms with Crippen LogP contribution < -0.4 is 0 Å². The fraction of sp³-hybridized carbons (Fsp3) is 0.429. The molecule has 5 rings (SSSR count). The van der Waals surface area contributed by atoms with E-state index in [1.54, 1.807) is 36.0 Å². The second kappa shape index (κ2) is 10.2. The molecule has 0 aliphatic carbocycles. The smallest absolute Gasteiger partial charge is 0.410 e. The fourth-order valence-corrected chi connectivity index (χ4v) is 7.02. The number of hydrogen-bond donors (Lipinski definition) is 0. The van der Waals surface area contributed by atoms with E-state index in [2.05, 4.69) is 4.57 Å². The number of sulfone groups is 1.